The quantitative estimate of drug-likeness (QED) is 0.940. The third-order valence-electron chi connectivity index (χ3n) is 2.47. The van der Waals surface area contributed by atoms with Crippen LogP contribution in [0.15, 0.2) is 33.3 Å². The van der Waals surface area contributed by atoms with Crippen molar-refractivity contribution in [3.05, 3.63) is 45.8 Å². The van der Waals surface area contributed by atoms with Crippen LogP contribution >= 0.6 is 15.9 Å². The van der Waals surface area contributed by atoms with Gasteiger partial charge < -0.3 is 14.4 Å². The van der Waals surface area contributed by atoms with E-state index in [1.165, 1.54) is 0 Å². The van der Waals surface area contributed by atoms with E-state index in [1.54, 1.807) is 6.92 Å². The molecule has 0 aliphatic carbocycles. The number of aliphatic hydroxyl groups is 1. The third kappa shape index (κ3) is 3.11. The monoisotopic (exact) mass is 311 g/mol. The molecule has 1 N–H and O–H groups in total. The summed E-state index contributed by atoms with van der Waals surface area (Å²) in [5.74, 6) is 1.29. The lowest BCUT2D eigenvalue weighted by Crippen LogP contribution is -2.00. The molecule has 96 valence electrons. The molecule has 0 aliphatic heterocycles. The highest BCUT2D eigenvalue weighted by molar-refractivity contribution is 9.10. The van der Waals surface area contributed by atoms with Gasteiger partial charge in [0.15, 0.2) is 5.76 Å². The number of halogens is 1. The molecule has 0 saturated carbocycles. The lowest BCUT2D eigenvalue weighted by Gasteiger charge is -2.12. The molecule has 1 aromatic heterocycles. The zero-order valence-electron chi connectivity index (χ0n) is 10.2. The first-order chi connectivity index (χ1) is 8.56. The van der Waals surface area contributed by atoms with E-state index >= 15 is 0 Å². The second-order valence-electron chi connectivity index (χ2n) is 4.08. The summed E-state index contributed by atoms with van der Waals surface area (Å²) in [5.41, 5.74) is 1.56. The maximum absolute atomic E-state index is 9.67. The van der Waals surface area contributed by atoms with Crippen LogP contribution in [-0.4, -0.2) is 10.3 Å². The molecule has 2 aromatic rings. The largest absolute Gasteiger partial charge is 0.485 e. The molecule has 2 rings (SSSR count). The van der Waals surface area contributed by atoms with Gasteiger partial charge in [-0.3, -0.25) is 0 Å². The van der Waals surface area contributed by atoms with Gasteiger partial charge in [0.2, 0.25) is 0 Å². The molecule has 18 heavy (non-hydrogen) atoms. The van der Waals surface area contributed by atoms with Crippen molar-refractivity contribution in [1.29, 1.82) is 0 Å². The zero-order valence-corrected chi connectivity index (χ0v) is 11.8. The number of aryl methyl sites for hydroxylation is 1. The highest BCUT2D eigenvalue weighted by Crippen LogP contribution is 2.29. The summed E-state index contributed by atoms with van der Waals surface area (Å²) in [5, 5.41) is 13.5. The summed E-state index contributed by atoms with van der Waals surface area (Å²) in [6, 6.07) is 7.34. The van der Waals surface area contributed by atoms with Crippen molar-refractivity contribution in [2.24, 2.45) is 0 Å². The normalized spacial score (nSPS) is 12.4. The predicted octanol–water partition coefficient (Wildman–Crippen LogP) is 3.38. The summed E-state index contributed by atoms with van der Waals surface area (Å²) in [4.78, 5) is 0. The number of hydrogen-bond donors (Lipinski definition) is 1. The number of benzene rings is 1. The zero-order chi connectivity index (χ0) is 13.1. The number of rotatable bonds is 4. The van der Waals surface area contributed by atoms with Crippen LogP contribution in [0.5, 0.6) is 5.75 Å². The summed E-state index contributed by atoms with van der Waals surface area (Å²) < 4.78 is 11.6. The highest BCUT2D eigenvalue weighted by Gasteiger charge is 2.11. The lowest BCUT2D eigenvalue weighted by atomic mass is 10.1. The molecule has 1 atom stereocenters. The topological polar surface area (TPSA) is 55.5 Å². The molecule has 0 fully saturated rings. The Kier molecular flexibility index (Phi) is 4.04. The first kappa shape index (κ1) is 13.1. The number of aliphatic hydroxyl groups excluding tert-OH is 1. The minimum absolute atomic E-state index is 0.289. The Morgan fingerprint density at radius 1 is 1.44 bits per heavy atom. The molecule has 5 heteroatoms. The Morgan fingerprint density at radius 2 is 2.22 bits per heavy atom. The lowest BCUT2D eigenvalue weighted by molar-refractivity contribution is 0.186. The SMILES string of the molecule is Cc1cc(COc2cc(Br)ccc2C(C)O)on1. The Bertz CT molecular complexity index is 537. The Morgan fingerprint density at radius 3 is 2.83 bits per heavy atom. The fourth-order valence-corrected chi connectivity index (χ4v) is 1.95. The van der Waals surface area contributed by atoms with E-state index in [-0.39, 0.29) is 6.61 Å². The van der Waals surface area contributed by atoms with Crippen molar-refractivity contribution in [2.45, 2.75) is 26.6 Å². The molecule has 0 spiro atoms. The molecule has 0 radical (unpaired) electrons. The van der Waals surface area contributed by atoms with E-state index in [9.17, 15) is 5.11 Å². The van der Waals surface area contributed by atoms with Gasteiger partial charge in [-0.1, -0.05) is 27.2 Å². The van der Waals surface area contributed by atoms with Gasteiger partial charge in [-0.25, -0.2) is 0 Å². The average Bonchev–Trinajstić information content (AvgIpc) is 2.72. The summed E-state index contributed by atoms with van der Waals surface area (Å²) in [7, 11) is 0. The van der Waals surface area contributed by atoms with Gasteiger partial charge in [-0.15, -0.1) is 0 Å². The molecular weight excluding hydrogens is 298 g/mol. The second kappa shape index (κ2) is 5.54. The summed E-state index contributed by atoms with van der Waals surface area (Å²) >= 11 is 3.38. The smallest absolute Gasteiger partial charge is 0.174 e. The number of ether oxygens (including phenoxy) is 1. The van der Waals surface area contributed by atoms with E-state index in [2.05, 4.69) is 21.1 Å². The third-order valence-corrected chi connectivity index (χ3v) is 2.97. The van der Waals surface area contributed by atoms with Crippen molar-refractivity contribution in [2.75, 3.05) is 0 Å². The standard InChI is InChI=1S/C13H14BrNO3/c1-8-5-11(18-15-8)7-17-13-6-10(14)3-4-12(13)9(2)16/h3-6,9,16H,7H2,1-2H3. The van der Waals surface area contributed by atoms with Crippen LogP contribution in [-0.2, 0) is 6.61 Å². The minimum atomic E-state index is -0.579. The molecule has 0 amide bonds. The maximum Gasteiger partial charge on any atom is 0.174 e. The first-order valence-corrected chi connectivity index (χ1v) is 6.38. The fourth-order valence-electron chi connectivity index (χ4n) is 1.61. The van der Waals surface area contributed by atoms with Gasteiger partial charge >= 0.3 is 0 Å². The van der Waals surface area contributed by atoms with Crippen LogP contribution in [0.1, 0.15) is 30.0 Å². The van der Waals surface area contributed by atoms with Crippen LogP contribution in [0.2, 0.25) is 0 Å². The van der Waals surface area contributed by atoms with Gasteiger partial charge in [0.05, 0.1) is 11.8 Å². The molecule has 1 heterocycles. The van der Waals surface area contributed by atoms with Crippen LogP contribution in [0.3, 0.4) is 0 Å². The fraction of sp³-hybridized carbons (Fsp3) is 0.308. The molecule has 0 aliphatic rings. The van der Waals surface area contributed by atoms with Gasteiger partial charge in [0.1, 0.15) is 12.4 Å². The van der Waals surface area contributed by atoms with Crippen molar-refractivity contribution >= 4 is 15.9 Å². The van der Waals surface area contributed by atoms with Gasteiger partial charge in [-0.2, -0.15) is 0 Å². The van der Waals surface area contributed by atoms with Crippen LogP contribution < -0.4 is 4.74 Å². The number of hydrogen-bond acceptors (Lipinski definition) is 4. The van der Waals surface area contributed by atoms with Crippen molar-refractivity contribution in [1.82, 2.24) is 5.16 Å². The van der Waals surface area contributed by atoms with E-state index in [1.807, 2.05) is 31.2 Å². The molecule has 0 bridgehead atoms. The number of aromatic nitrogens is 1. The average molecular weight is 312 g/mol. The Balaban J connectivity index is 2.15. The summed E-state index contributed by atoms with van der Waals surface area (Å²) in [6.07, 6.45) is -0.579. The van der Waals surface area contributed by atoms with E-state index in [0.29, 0.717) is 11.5 Å². The Labute approximate surface area is 114 Å². The van der Waals surface area contributed by atoms with Crippen LogP contribution in [0.25, 0.3) is 0 Å². The molecular formula is C13H14BrNO3. The van der Waals surface area contributed by atoms with Crippen molar-refractivity contribution in [3.8, 4) is 5.75 Å². The van der Waals surface area contributed by atoms with Crippen LogP contribution in [0, 0.1) is 6.92 Å². The molecule has 1 unspecified atom stereocenters. The molecule has 4 nitrogen and oxygen atoms in total. The maximum atomic E-state index is 9.67. The van der Waals surface area contributed by atoms with Gasteiger partial charge in [-0.05, 0) is 26.0 Å². The van der Waals surface area contributed by atoms with Gasteiger partial charge in [0, 0.05) is 16.1 Å². The summed E-state index contributed by atoms with van der Waals surface area (Å²) in [6.45, 7) is 3.85. The first-order valence-electron chi connectivity index (χ1n) is 5.59. The van der Waals surface area contributed by atoms with Crippen molar-refractivity contribution < 1.29 is 14.4 Å². The van der Waals surface area contributed by atoms with Crippen molar-refractivity contribution in [3.63, 3.8) is 0 Å². The van der Waals surface area contributed by atoms with E-state index < -0.39 is 6.10 Å². The van der Waals surface area contributed by atoms with Gasteiger partial charge in [0.25, 0.3) is 0 Å². The second-order valence-corrected chi connectivity index (χ2v) is 5.00. The molecule has 1 aromatic carbocycles. The minimum Gasteiger partial charge on any atom is -0.485 e. The van der Waals surface area contributed by atoms with Crippen LogP contribution in [0.4, 0.5) is 0 Å². The molecule has 0 saturated heterocycles. The predicted molar refractivity (Wildman–Crippen MR) is 70.3 cm³/mol. The van der Waals surface area contributed by atoms with E-state index in [0.717, 1.165) is 15.7 Å². The number of nitrogens with zero attached hydrogens (tertiary/aromatic N) is 1. The van der Waals surface area contributed by atoms with E-state index in [4.69, 9.17) is 9.26 Å². The Hall–Kier alpha value is -1.33. The highest BCUT2D eigenvalue weighted by atomic mass is 79.9.